The van der Waals surface area contributed by atoms with Gasteiger partial charge >= 0.3 is 0 Å². The van der Waals surface area contributed by atoms with Gasteiger partial charge in [0.05, 0.1) is 21.3 Å². The molecule has 0 radical (unpaired) electrons. The largest absolute Gasteiger partial charge is 0.245 e. The van der Waals surface area contributed by atoms with E-state index in [9.17, 15) is 0 Å². The van der Waals surface area contributed by atoms with Gasteiger partial charge in [0.1, 0.15) is 0 Å². The van der Waals surface area contributed by atoms with Gasteiger partial charge in [0.15, 0.2) is 0 Å². The van der Waals surface area contributed by atoms with E-state index in [0.717, 1.165) is 32.7 Å². The Balaban J connectivity index is 2.24. The fraction of sp³-hybridized carbons (Fsp3) is 0.500. The van der Waals surface area contributed by atoms with E-state index in [2.05, 4.69) is 46.3 Å². The maximum atomic E-state index is 4.66. The number of hydrazone groups is 1. The Hall–Kier alpha value is -1.82. The first kappa shape index (κ1) is 16.5. The van der Waals surface area contributed by atoms with E-state index in [-0.39, 0.29) is 5.41 Å². The SMILES string of the molecule is CC(=NNc1nc(C)cc(C)n1)c1sc(C(C)(C)C)nc1C. The lowest BCUT2D eigenvalue weighted by atomic mass is 9.98. The Morgan fingerprint density at radius 3 is 2.18 bits per heavy atom. The third kappa shape index (κ3) is 3.88. The van der Waals surface area contributed by atoms with Crippen LogP contribution < -0.4 is 5.43 Å². The second-order valence-corrected chi connectivity index (χ2v) is 7.47. The molecule has 6 heteroatoms. The van der Waals surface area contributed by atoms with Gasteiger partial charge in [-0.3, -0.25) is 0 Å². The Labute approximate surface area is 135 Å². The minimum atomic E-state index is 0.0537. The van der Waals surface area contributed by atoms with Crippen LogP contribution in [-0.4, -0.2) is 20.7 Å². The van der Waals surface area contributed by atoms with Crippen LogP contribution in [0.15, 0.2) is 11.2 Å². The average Bonchev–Trinajstić information content (AvgIpc) is 2.77. The molecule has 0 fully saturated rings. The minimum absolute atomic E-state index is 0.0537. The molecule has 0 atom stereocenters. The summed E-state index contributed by atoms with van der Waals surface area (Å²) in [5.74, 6) is 0.523. The van der Waals surface area contributed by atoms with Crippen molar-refractivity contribution in [2.45, 2.75) is 53.9 Å². The first-order chi connectivity index (χ1) is 10.2. The zero-order valence-electron chi connectivity index (χ0n) is 14.3. The van der Waals surface area contributed by atoms with E-state index in [1.54, 1.807) is 11.3 Å². The average molecular weight is 317 g/mol. The summed E-state index contributed by atoms with van der Waals surface area (Å²) in [5, 5.41) is 5.54. The molecule has 118 valence electrons. The predicted octanol–water partition coefficient (Wildman–Crippen LogP) is 3.99. The lowest BCUT2D eigenvalue weighted by molar-refractivity contribution is 0.584. The number of hydrogen-bond acceptors (Lipinski definition) is 6. The van der Waals surface area contributed by atoms with E-state index < -0.39 is 0 Å². The highest BCUT2D eigenvalue weighted by atomic mass is 32.1. The summed E-state index contributed by atoms with van der Waals surface area (Å²) >= 11 is 1.69. The molecule has 0 aliphatic carbocycles. The summed E-state index contributed by atoms with van der Waals surface area (Å²) in [5.41, 5.74) is 6.75. The van der Waals surface area contributed by atoms with Crippen molar-refractivity contribution in [2.24, 2.45) is 5.10 Å². The standard InChI is InChI=1S/C16H23N5S/c1-9-8-10(2)18-15(17-9)21-20-12(4)13-11(3)19-14(22-13)16(5,6)7/h8H,1-7H3,(H,17,18,21). The van der Waals surface area contributed by atoms with E-state index in [0.29, 0.717) is 5.95 Å². The highest BCUT2D eigenvalue weighted by Crippen LogP contribution is 2.29. The monoisotopic (exact) mass is 317 g/mol. The first-order valence-corrected chi connectivity index (χ1v) is 8.09. The molecule has 22 heavy (non-hydrogen) atoms. The zero-order chi connectivity index (χ0) is 16.5. The van der Waals surface area contributed by atoms with Crippen LogP contribution in [-0.2, 0) is 5.41 Å². The normalized spacial score (nSPS) is 12.6. The molecule has 0 aromatic carbocycles. The molecule has 2 aromatic rings. The second kappa shape index (κ2) is 6.12. The van der Waals surface area contributed by atoms with Crippen molar-refractivity contribution in [3.63, 3.8) is 0 Å². The van der Waals surface area contributed by atoms with Gasteiger partial charge in [-0.1, -0.05) is 20.8 Å². The van der Waals surface area contributed by atoms with Crippen LogP contribution in [0.1, 0.15) is 54.7 Å². The Bertz CT molecular complexity index is 690. The molecule has 0 saturated heterocycles. The van der Waals surface area contributed by atoms with Crippen LogP contribution in [0.25, 0.3) is 0 Å². The van der Waals surface area contributed by atoms with Crippen LogP contribution in [0.2, 0.25) is 0 Å². The van der Waals surface area contributed by atoms with Gasteiger partial charge in [0, 0.05) is 16.8 Å². The van der Waals surface area contributed by atoms with Crippen molar-refractivity contribution in [1.29, 1.82) is 0 Å². The van der Waals surface area contributed by atoms with Crippen molar-refractivity contribution in [2.75, 3.05) is 5.43 Å². The lowest BCUT2D eigenvalue weighted by Gasteiger charge is -2.13. The number of aromatic nitrogens is 3. The number of thiazole rings is 1. The molecule has 0 spiro atoms. The Kier molecular flexibility index (Phi) is 4.60. The topological polar surface area (TPSA) is 63.1 Å². The molecule has 0 aliphatic rings. The van der Waals surface area contributed by atoms with Gasteiger partial charge in [-0.15, -0.1) is 11.3 Å². The van der Waals surface area contributed by atoms with Crippen LogP contribution in [0.5, 0.6) is 0 Å². The van der Waals surface area contributed by atoms with Crippen LogP contribution >= 0.6 is 11.3 Å². The van der Waals surface area contributed by atoms with Crippen molar-refractivity contribution in [3.05, 3.63) is 33.0 Å². The number of anilines is 1. The maximum absolute atomic E-state index is 4.66. The molecule has 2 rings (SSSR count). The first-order valence-electron chi connectivity index (χ1n) is 7.27. The molecule has 0 aliphatic heterocycles. The van der Waals surface area contributed by atoms with Gasteiger partial charge in [-0.05, 0) is 33.8 Å². The number of hydrogen-bond donors (Lipinski definition) is 1. The Morgan fingerprint density at radius 2 is 1.68 bits per heavy atom. The highest BCUT2D eigenvalue weighted by molar-refractivity contribution is 7.14. The molecule has 0 unspecified atom stereocenters. The number of nitrogens with zero attached hydrogens (tertiary/aromatic N) is 4. The summed E-state index contributed by atoms with van der Waals surface area (Å²) in [6.45, 7) is 14.4. The Morgan fingerprint density at radius 1 is 1.09 bits per heavy atom. The molecule has 0 saturated carbocycles. The van der Waals surface area contributed by atoms with Crippen LogP contribution in [0, 0.1) is 20.8 Å². The van der Waals surface area contributed by atoms with Gasteiger partial charge in [-0.25, -0.2) is 20.4 Å². The van der Waals surface area contributed by atoms with Gasteiger partial charge in [0.25, 0.3) is 0 Å². The number of aryl methyl sites for hydroxylation is 3. The predicted molar refractivity (Wildman–Crippen MR) is 92.9 cm³/mol. The van der Waals surface area contributed by atoms with Gasteiger partial charge < -0.3 is 0 Å². The maximum Gasteiger partial charge on any atom is 0.243 e. The van der Waals surface area contributed by atoms with Crippen molar-refractivity contribution >= 4 is 23.0 Å². The van der Waals surface area contributed by atoms with Crippen molar-refractivity contribution in [1.82, 2.24) is 15.0 Å². The minimum Gasteiger partial charge on any atom is -0.245 e. The van der Waals surface area contributed by atoms with E-state index in [1.807, 2.05) is 33.8 Å². The summed E-state index contributed by atoms with van der Waals surface area (Å²) in [4.78, 5) is 14.4. The second-order valence-electron chi connectivity index (χ2n) is 6.47. The molecule has 2 aromatic heterocycles. The van der Waals surface area contributed by atoms with Gasteiger partial charge in [0.2, 0.25) is 5.95 Å². The van der Waals surface area contributed by atoms with Gasteiger partial charge in [-0.2, -0.15) is 5.10 Å². The van der Waals surface area contributed by atoms with E-state index in [1.165, 1.54) is 0 Å². The highest BCUT2D eigenvalue weighted by Gasteiger charge is 2.21. The summed E-state index contributed by atoms with van der Waals surface area (Å²) in [6, 6.07) is 1.94. The number of rotatable bonds is 3. The lowest BCUT2D eigenvalue weighted by Crippen LogP contribution is -2.10. The molecule has 0 bridgehead atoms. The molecule has 0 amide bonds. The summed E-state index contributed by atoms with van der Waals surface area (Å²) in [7, 11) is 0. The summed E-state index contributed by atoms with van der Waals surface area (Å²) < 4.78 is 0. The molecular formula is C16H23N5S. The molecule has 5 nitrogen and oxygen atoms in total. The fourth-order valence-electron chi connectivity index (χ4n) is 2.01. The fourth-order valence-corrected chi connectivity index (χ4v) is 3.08. The van der Waals surface area contributed by atoms with E-state index >= 15 is 0 Å². The third-order valence-electron chi connectivity index (χ3n) is 3.07. The van der Waals surface area contributed by atoms with E-state index in [4.69, 9.17) is 0 Å². The van der Waals surface area contributed by atoms with Crippen molar-refractivity contribution < 1.29 is 0 Å². The summed E-state index contributed by atoms with van der Waals surface area (Å²) in [6.07, 6.45) is 0. The van der Waals surface area contributed by atoms with Crippen molar-refractivity contribution in [3.8, 4) is 0 Å². The molecular weight excluding hydrogens is 294 g/mol. The zero-order valence-corrected chi connectivity index (χ0v) is 15.1. The molecule has 1 N–H and O–H groups in total. The molecule has 2 heterocycles. The quantitative estimate of drug-likeness (QED) is 0.686. The number of nitrogens with one attached hydrogen (secondary N) is 1. The smallest absolute Gasteiger partial charge is 0.243 e. The van der Waals surface area contributed by atoms with Crippen LogP contribution in [0.3, 0.4) is 0 Å². The van der Waals surface area contributed by atoms with Crippen LogP contribution in [0.4, 0.5) is 5.95 Å². The third-order valence-corrected chi connectivity index (χ3v) is 4.76.